The van der Waals surface area contributed by atoms with Gasteiger partial charge < -0.3 is 18.6 Å². The molecule has 3 aliphatic heterocycles. The summed E-state index contributed by atoms with van der Waals surface area (Å²) in [6.45, 7) is 10.8. The summed E-state index contributed by atoms with van der Waals surface area (Å²) in [4.78, 5) is 0. The van der Waals surface area contributed by atoms with Gasteiger partial charge in [0.1, 0.15) is 11.7 Å². The Kier molecular flexibility index (Phi) is 6.87. The minimum atomic E-state index is -1.61. The molecular formula is C21H38O4Si. The summed E-state index contributed by atoms with van der Waals surface area (Å²) in [5, 5.41) is 0. The van der Waals surface area contributed by atoms with Crippen molar-refractivity contribution in [1.82, 2.24) is 0 Å². The maximum Gasteiger partial charge on any atom is 0.192 e. The molecule has 26 heavy (non-hydrogen) atoms. The highest BCUT2D eigenvalue weighted by atomic mass is 28.4. The van der Waals surface area contributed by atoms with Crippen LogP contribution in [-0.4, -0.2) is 45.4 Å². The van der Waals surface area contributed by atoms with E-state index in [1.165, 1.54) is 18.1 Å². The number of fused-ring (bicyclic) bond motifs is 1. The predicted molar refractivity (Wildman–Crippen MR) is 107 cm³/mol. The Hall–Kier alpha value is -0.363. The van der Waals surface area contributed by atoms with Gasteiger partial charge in [0.2, 0.25) is 0 Å². The van der Waals surface area contributed by atoms with Crippen LogP contribution in [-0.2, 0) is 18.6 Å². The molecule has 0 aromatic rings. The van der Waals surface area contributed by atoms with E-state index in [1.807, 2.05) is 0 Å². The van der Waals surface area contributed by atoms with Crippen LogP contribution in [0.2, 0.25) is 18.1 Å². The first-order chi connectivity index (χ1) is 12.5. The van der Waals surface area contributed by atoms with Crippen LogP contribution in [0.5, 0.6) is 0 Å². The van der Waals surface area contributed by atoms with Crippen molar-refractivity contribution in [3.8, 4) is 0 Å². The van der Waals surface area contributed by atoms with Crippen molar-refractivity contribution in [2.75, 3.05) is 13.2 Å². The highest BCUT2D eigenvalue weighted by molar-refractivity contribution is 6.73. The average molecular weight is 383 g/mol. The lowest BCUT2D eigenvalue weighted by Crippen LogP contribution is -2.50. The summed E-state index contributed by atoms with van der Waals surface area (Å²) in [6.07, 6.45) is 9.01. The Balaban J connectivity index is 1.65. The van der Waals surface area contributed by atoms with Gasteiger partial charge in [0.05, 0.1) is 18.0 Å². The molecule has 0 unspecified atom stereocenters. The normalized spacial score (nSPS) is 35.4. The van der Waals surface area contributed by atoms with Crippen molar-refractivity contribution >= 4 is 8.32 Å². The molecule has 0 N–H and O–H groups in total. The van der Waals surface area contributed by atoms with Crippen molar-refractivity contribution < 1.29 is 18.6 Å². The summed E-state index contributed by atoms with van der Waals surface area (Å²) in [5.74, 6) is 1.09. The van der Waals surface area contributed by atoms with Gasteiger partial charge in [-0.25, -0.2) is 0 Å². The summed E-state index contributed by atoms with van der Waals surface area (Å²) >= 11 is 0. The molecule has 5 heteroatoms. The maximum absolute atomic E-state index is 6.81. The highest BCUT2D eigenvalue weighted by Gasteiger charge is 2.43. The lowest BCUT2D eigenvalue weighted by molar-refractivity contribution is -0.163. The summed E-state index contributed by atoms with van der Waals surface area (Å²) in [7, 11) is -1.61. The Morgan fingerprint density at radius 2 is 1.85 bits per heavy atom. The maximum atomic E-state index is 6.81. The molecule has 4 nitrogen and oxygen atoms in total. The highest BCUT2D eigenvalue weighted by Crippen LogP contribution is 2.38. The minimum Gasteiger partial charge on any atom is -0.492 e. The average Bonchev–Trinajstić information content (AvgIpc) is 2.67. The second-order valence-corrected chi connectivity index (χ2v) is 13.2. The van der Waals surface area contributed by atoms with Crippen LogP contribution in [0, 0.1) is 0 Å². The Morgan fingerprint density at radius 1 is 1.12 bits per heavy atom. The molecule has 0 aliphatic carbocycles. The first-order valence-corrected chi connectivity index (χ1v) is 13.4. The second kappa shape index (κ2) is 8.76. The fourth-order valence-corrected chi connectivity index (χ4v) is 7.59. The van der Waals surface area contributed by atoms with Gasteiger partial charge >= 0.3 is 0 Å². The zero-order valence-electron chi connectivity index (χ0n) is 17.2. The molecule has 2 saturated heterocycles. The largest absolute Gasteiger partial charge is 0.492 e. The van der Waals surface area contributed by atoms with Crippen molar-refractivity contribution in [2.45, 2.75) is 108 Å². The molecule has 0 saturated carbocycles. The van der Waals surface area contributed by atoms with Crippen LogP contribution in [0.25, 0.3) is 0 Å². The van der Waals surface area contributed by atoms with Gasteiger partial charge in [0, 0.05) is 26.1 Å². The predicted octanol–water partition coefficient (Wildman–Crippen LogP) is 5.19. The SMILES string of the molecule is CC[Si](CC)(CC)O[C@H]1CCCO[C@@H]1CC1=CC[C@]2(C)OCCC[C@H]2O1. The van der Waals surface area contributed by atoms with Gasteiger partial charge in [0.15, 0.2) is 8.32 Å². The standard InChI is InChI=1S/C21H38O4Si/c1-5-26(6-2,7-3)25-18-10-8-14-22-19(18)16-17-12-13-21(4)20(24-17)11-9-15-23-21/h12,18-20H,5-11,13-16H2,1-4H3/t18-,19+,20+,21-/m0/s1. The topological polar surface area (TPSA) is 36.9 Å². The minimum absolute atomic E-state index is 0.139. The van der Waals surface area contributed by atoms with Gasteiger partial charge in [-0.15, -0.1) is 0 Å². The van der Waals surface area contributed by atoms with Gasteiger partial charge in [0.25, 0.3) is 0 Å². The van der Waals surface area contributed by atoms with E-state index in [4.69, 9.17) is 18.6 Å². The van der Waals surface area contributed by atoms with E-state index < -0.39 is 8.32 Å². The summed E-state index contributed by atoms with van der Waals surface area (Å²) in [6, 6.07) is 3.58. The number of ether oxygens (including phenoxy) is 3. The quantitative estimate of drug-likeness (QED) is 0.568. The molecule has 150 valence electrons. The lowest BCUT2D eigenvalue weighted by Gasteiger charge is -2.45. The van der Waals surface area contributed by atoms with Crippen LogP contribution in [0.15, 0.2) is 11.8 Å². The third kappa shape index (κ3) is 4.37. The van der Waals surface area contributed by atoms with Crippen LogP contribution < -0.4 is 0 Å². The fourth-order valence-electron chi connectivity index (χ4n) is 4.68. The molecule has 3 aliphatic rings. The van der Waals surface area contributed by atoms with Gasteiger partial charge in [-0.1, -0.05) is 20.8 Å². The molecule has 0 spiro atoms. The van der Waals surface area contributed by atoms with E-state index in [-0.39, 0.29) is 23.9 Å². The molecule has 3 heterocycles. The molecule has 0 aromatic heterocycles. The van der Waals surface area contributed by atoms with E-state index in [0.29, 0.717) is 0 Å². The van der Waals surface area contributed by atoms with Gasteiger partial charge in [-0.2, -0.15) is 0 Å². The second-order valence-electron chi connectivity index (χ2n) is 8.44. The van der Waals surface area contributed by atoms with Crippen molar-refractivity contribution in [3.63, 3.8) is 0 Å². The van der Waals surface area contributed by atoms with Gasteiger partial charge in [-0.3, -0.25) is 0 Å². The van der Waals surface area contributed by atoms with E-state index >= 15 is 0 Å². The Bertz CT molecular complexity index is 482. The third-order valence-corrected chi connectivity index (χ3v) is 11.5. The van der Waals surface area contributed by atoms with Crippen molar-refractivity contribution in [2.24, 2.45) is 0 Å². The summed E-state index contributed by atoms with van der Waals surface area (Å²) in [5.41, 5.74) is -0.139. The molecule has 2 fully saturated rings. The molecule has 4 atom stereocenters. The third-order valence-electron chi connectivity index (χ3n) is 6.87. The Labute approximate surface area is 160 Å². The van der Waals surface area contributed by atoms with E-state index in [9.17, 15) is 0 Å². The zero-order chi connectivity index (χ0) is 18.6. The number of hydrogen-bond donors (Lipinski definition) is 0. The smallest absolute Gasteiger partial charge is 0.192 e. The number of hydrogen-bond acceptors (Lipinski definition) is 4. The Morgan fingerprint density at radius 3 is 2.58 bits per heavy atom. The van der Waals surface area contributed by atoms with Gasteiger partial charge in [-0.05, 0) is 56.8 Å². The van der Waals surface area contributed by atoms with Crippen molar-refractivity contribution in [1.29, 1.82) is 0 Å². The molecule has 0 radical (unpaired) electrons. The monoisotopic (exact) mass is 382 g/mol. The lowest BCUT2D eigenvalue weighted by atomic mass is 9.86. The van der Waals surface area contributed by atoms with E-state index in [2.05, 4.69) is 33.8 Å². The molecule has 0 bridgehead atoms. The van der Waals surface area contributed by atoms with Crippen LogP contribution >= 0.6 is 0 Å². The zero-order valence-corrected chi connectivity index (χ0v) is 18.2. The van der Waals surface area contributed by atoms with Crippen LogP contribution in [0.3, 0.4) is 0 Å². The van der Waals surface area contributed by atoms with Crippen LogP contribution in [0.1, 0.15) is 66.2 Å². The molecule has 0 aromatic carbocycles. The first kappa shape index (κ1) is 20.4. The first-order valence-electron chi connectivity index (χ1n) is 10.8. The molecule has 0 amide bonds. The molecular weight excluding hydrogens is 344 g/mol. The van der Waals surface area contributed by atoms with E-state index in [0.717, 1.165) is 57.5 Å². The van der Waals surface area contributed by atoms with Crippen LogP contribution in [0.4, 0.5) is 0 Å². The van der Waals surface area contributed by atoms with Crippen molar-refractivity contribution in [3.05, 3.63) is 11.8 Å². The summed E-state index contributed by atoms with van der Waals surface area (Å²) < 4.78 is 25.4. The van der Waals surface area contributed by atoms with E-state index in [1.54, 1.807) is 0 Å². The molecule has 3 rings (SSSR count). The fraction of sp³-hybridized carbons (Fsp3) is 0.905. The number of rotatable bonds is 7.